The molecule has 1 fully saturated rings. The third-order valence-electron chi connectivity index (χ3n) is 5.63. The van der Waals surface area contributed by atoms with Gasteiger partial charge in [0.05, 0.1) is 6.10 Å². The zero-order chi connectivity index (χ0) is 20.0. The van der Waals surface area contributed by atoms with Gasteiger partial charge in [0.15, 0.2) is 0 Å². The van der Waals surface area contributed by atoms with Gasteiger partial charge in [-0.2, -0.15) is 0 Å². The van der Waals surface area contributed by atoms with E-state index in [4.69, 9.17) is 9.47 Å². The minimum absolute atomic E-state index is 0.0527. The second-order valence-electron chi connectivity index (χ2n) is 10.3. The number of hydrogen-bond acceptors (Lipinski definition) is 2. The lowest BCUT2D eigenvalue weighted by molar-refractivity contribution is -0.177. The summed E-state index contributed by atoms with van der Waals surface area (Å²) in [6, 6.07) is 8.73. The van der Waals surface area contributed by atoms with Gasteiger partial charge in [0.25, 0.3) is 0 Å². The molecule has 0 spiro atoms. The van der Waals surface area contributed by atoms with E-state index in [0.717, 1.165) is 5.75 Å². The van der Waals surface area contributed by atoms with Crippen LogP contribution in [-0.4, -0.2) is 12.4 Å². The van der Waals surface area contributed by atoms with Crippen LogP contribution in [0.3, 0.4) is 0 Å². The first-order chi connectivity index (χ1) is 12.7. The second kappa shape index (κ2) is 9.96. The lowest BCUT2D eigenvalue weighted by atomic mass is 9.82. The molecule has 0 bridgehead atoms. The van der Waals surface area contributed by atoms with Crippen LogP contribution in [0.15, 0.2) is 24.3 Å². The minimum atomic E-state index is -0.210. The molecule has 2 heteroatoms. The Morgan fingerprint density at radius 1 is 1.00 bits per heavy atom. The molecule has 0 saturated heterocycles. The average Bonchev–Trinajstić information content (AvgIpc) is 2.59. The maximum absolute atomic E-state index is 6.45. The normalized spacial score (nSPS) is 18.7. The van der Waals surface area contributed by atoms with Crippen molar-refractivity contribution in [2.24, 2.45) is 17.3 Å². The van der Waals surface area contributed by atoms with Gasteiger partial charge in [0.1, 0.15) is 5.75 Å². The summed E-state index contributed by atoms with van der Waals surface area (Å²) in [6.07, 6.45) is 7.58. The Labute approximate surface area is 168 Å². The molecule has 1 saturated carbocycles. The highest BCUT2D eigenvalue weighted by molar-refractivity contribution is 5.31. The molecule has 2 rings (SSSR count). The van der Waals surface area contributed by atoms with Gasteiger partial charge in [-0.1, -0.05) is 79.9 Å². The predicted molar refractivity (Wildman–Crippen MR) is 115 cm³/mol. The molecule has 0 N–H and O–H groups in total. The summed E-state index contributed by atoms with van der Waals surface area (Å²) in [4.78, 5) is 0. The fraction of sp³-hybridized carbons (Fsp3) is 0.760. The van der Waals surface area contributed by atoms with Crippen LogP contribution < -0.4 is 4.74 Å². The fourth-order valence-electron chi connectivity index (χ4n) is 4.03. The maximum atomic E-state index is 6.45. The average molecular weight is 375 g/mol. The molecule has 1 aromatic carbocycles. The van der Waals surface area contributed by atoms with Crippen molar-refractivity contribution in [2.45, 2.75) is 105 Å². The summed E-state index contributed by atoms with van der Waals surface area (Å²) in [5.41, 5.74) is 1.34. The standard InChI is InChI=1S/C25H42O2/c1-18(2)16-23(19(3)4)20-12-11-15-22(17-20)27-24(25(5,6)7)26-21-13-9-8-10-14-21/h11-12,15,17-19,21,23-24H,8-10,13-14,16H2,1-7H3. The Morgan fingerprint density at radius 3 is 2.22 bits per heavy atom. The van der Waals surface area contributed by atoms with Gasteiger partial charge in [-0.05, 0) is 54.7 Å². The van der Waals surface area contributed by atoms with Gasteiger partial charge in [0, 0.05) is 5.41 Å². The van der Waals surface area contributed by atoms with Gasteiger partial charge in [-0.25, -0.2) is 0 Å². The Morgan fingerprint density at radius 2 is 1.67 bits per heavy atom. The van der Waals surface area contributed by atoms with E-state index in [9.17, 15) is 0 Å². The van der Waals surface area contributed by atoms with Crippen LogP contribution in [0.2, 0.25) is 0 Å². The Kier molecular flexibility index (Phi) is 8.21. The second-order valence-corrected chi connectivity index (χ2v) is 10.3. The molecule has 2 unspecified atom stereocenters. The summed E-state index contributed by atoms with van der Waals surface area (Å²) in [7, 11) is 0. The molecule has 154 valence electrons. The maximum Gasteiger partial charge on any atom is 0.204 e. The SMILES string of the molecule is CC(C)CC(c1cccc(OC(OC2CCCCC2)C(C)(C)C)c1)C(C)C. The molecule has 0 radical (unpaired) electrons. The summed E-state index contributed by atoms with van der Waals surface area (Å²) >= 11 is 0. The highest BCUT2D eigenvalue weighted by Crippen LogP contribution is 2.35. The van der Waals surface area contributed by atoms with Crippen molar-refractivity contribution in [3.8, 4) is 5.75 Å². The van der Waals surface area contributed by atoms with Crippen LogP contribution in [0, 0.1) is 17.3 Å². The number of hydrogen-bond donors (Lipinski definition) is 0. The van der Waals surface area contributed by atoms with E-state index in [0.29, 0.717) is 23.9 Å². The summed E-state index contributed by atoms with van der Waals surface area (Å²) in [5.74, 6) is 2.83. The molecular weight excluding hydrogens is 332 g/mol. The van der Waals surface area contributed by atoms with Crippen molar-refractivity contribution in [3.05, 3.63) is 29.8 Å². The molecule has 0 aromatic heterocycles. The molecule has 1 aliphatic carbocycles. The highest BCUT2D eigenvalue weighted by atomic mass is 16.7. The van der Waals surface area contributed by atoms with Crippen LogP contribution >= 0.6 is 0 Å². The third-order valence-corrected chi connectivity index (χ3v) is 5.63. The molecule has 2 nitrogen and oxygen atoms in total. The lowest BCUT2D eigenvalue weighted by Gasteiger charge is -2.35. The number of ether oxygens (including phenoxy) is 2. The zero-order valence-electron chi connectivity index (χ0n) is 18.8. The smallest absolute Gasteiger partial charge is 0.204 e. The minimum Gasteiger partial charge on any atom is -0.464 e. The molecule has 1 aromatic rings. The first kappa shape index (κ1) is 22.3. The fourth-order valence-corrected chi connectivity index (χ4v) is 4.03. The van der Waals surface area contributed by atoms with Crippen molar-refractivity contribution >= 4 is 0 Å². The molecule has 0 aliphatic heterocycles. The van der Waals surface area contributed by atoms with Crippen LogP contribution in [0.4, 0.5) is 0 Å². The molecule has 2 atom stereocenters. The Bertz CT molecular complexity index is 550. The number of benzene rings is 1. The van der Waals surface area contributed by atoms with E-state index >= 15 is 0 Å². The zero-order valence-corrected chi connectivity index (χ0v) is 18.8. The molecule has 0 heterocycles. The lowest BCUT2D eigenvalue weighted by Crippen LogP contribution is -2.38. The van der Waals surface area contributed by atoms with E-state index in [2.05, 4.69) is 72.7 Å². The van der Waals surface area contributed by atoms with Gasteiger partial charge in [-0.3, -0.25) is 0 Å². The molecule has 27 heavy (non-hydrogen) atoms. The van der Waals surface area contributed by atoms with Crippen molar-refractivity contribution in [1.29, 1.82) is 0 Å². The van der Waals surface area contributed by atoms with E-state index < -0.39 is 0 Å². The van der Waals surface area contributed by atoms with Crippen LogP contribution in [-0.2, 0) is 4.74 Å². The van der Waals surface area contributed by atoms with Crippen molar-refractivity contribution in [2.75, 3.05) is 0 Å². The highest BCUT2D eigenvalue weighted by Gasteiger charge is 2.31. The van der Waals surface area contributed by atoms with Crippen molar-refractivity contribution < 1.29 is 9.47 Å². The van der Waals surface area contributed by atoms with Crippen LogP contribution in [0.1, 0.15) is 98.5 Å². The quantitative estimate of drug-likeness (QED) is 0.437. The topological polar surface area (TPSA) is 18.5 Å². The van der Waals surface area contributed by atoms with Crippen LogP contribution in [0.5, 0.6) is 5.75 Å². The van der Waals surface area contributed by atoms with Gasteiger partial charge in [0.2, 0.25) is 6.29 Å². The first-order valence-corrected chi connectivity index (χ1v) is 11.1. The van der Waals surface area contributed by atoms with Gasteiger partial charge >= 0.3 is 0 Å². The monoisotopic (exact) mass is 374 g/mol. The van der Waals surface area contributed by atoms with E-state index in [1.54, 1.807) is 0 Å². The number of rotatable bonds is 8. The predicted octanol–water partition coefficient (Wildman–Crippen LogP) is 7.57. The summed E-state index contributed by atoms with van der Waals surface area (Å²) < 4.78 is 12.9. The van der Waals surface area contributed by atoms with Crippen molar-refractivity contribution in [3.63, 3.8) is 0 Å². The van der Waals surface area contributed by atoms with E-state index in [1.165, 1.54) is 44.1 Å². The molecule has 0 amide bonds. The van der Waals surface area contributed by atoms with Crippen LogP contribution in [0.25, 0.3) is 0 Å². The Hall–Kier alpha value is -1.02. The summed E-state index contributed by atoms with van der Waals surface area (Å²) in [6.45, 7) is 15.9. The van der Waals surface area contributed by atoms with E-state index in [1.807, 2.05) is 0 Å². The van der Waals surface area contributed by atoms with Crippen molar-refractivity contribution in [1.82, 2.24) is 0 Å². The first-order valence-electron chi connectivity index (χ1n) is 11.1. The van der Waals surface area contributed by atoms with Gasteiger partial charge < -0.3 is 9.47 Å². The molecular formula is C25H42O2. The third kappa shape index (κ3) is 7.14. The summed E-state index contributed by atoms with van der Waals surface area (Å²) in [5, 5.41) is 0. The Balaban J connectivity index is 2.14. The molecule has 1 aliphatic rings. The van der Waals surface area contributed by atoms with E-state index in [-0.39, 0.29) is 11.7 Å². The largest absolute Gasteiger partial charge is 0.464 e. The van der Waals surface area contributed by atoms with Gasteiger partial charge in [-0.15, -0.1) is 0 Å².